The van der Waals surface area contributed by atoms with Gasteiger partial charge in [0.1, 0.15) is 12.3 Å². The highest BCUT2D eigenvalue weighted by Gasteiger charge is 2.25. The molecule has 0 bridgehead atoms. The molecule has 5 heteroatoms. The highest BCUT2D eigenvalue weighted by molar-refractivity contribution is 6.09. The number of aromatic amines is 1. The summed E-state index contributed by atoms with van der Waals surface area (Å²) in [5, 5.41) is 10.4. The van der Waals surface area contributed by atoms with E-state index in [4.69, 9.17) is 0 Å². The molecule has 1 aliphatic rings. The molecule has 0 amide bonds. The Morgan fingerprint density at radius 3 is 2.54 bits per heavy atom. The molecule has 1 aromatic heterocycles. The molecule has 1 saturated heterocycles. The molecule has 0 atom stereocenters. The third-order valence-electron chi connectivity index (χ3n) is 5.27. The molecule has 0 aliphatic carbocycles. The van der Waals surface area contributed by atoms with Gasteiger partial charge >= 0.3 is 0 Å². The summed E-state index contributed by atoms with van der Waals surface area (Å²) in [4.78, 5) is 19.9. The summed E-state index contributed by atoms with van der Waals surface area (Å²) in [6.45, 7) is 6.22. The maximum atomic E-state index is 12.9. The van der Waals surface area contributed by atoms with Gasteiger partial charge in [-0.05, 0) is 37.3 Å². The van der Waals surface area contributed by atoms with Crippen LogP contribution in [0.15, 0.2) is 48.5 Å². The van der Waals surface area contributed by atoms with Gasteiger partial charge < -0.3 is 19.9 Å². The first-order chi connectivity index (χ1) is 12.6. The van der Waals surface area contributed by atoms with Crippen molar-refractivity contribution in [2.45, 2.75) is 6.92 Å². The van der Waals surface area contributed by atoms with Crippen LogP contribution in [0.25, 0.3) is 10.9 Å². The Bertz CT molecular complexity index is 922. The van der Waals surface area contributed by atoms with E-state index in [1.165, 1.54) is 4.90 Å². The molecule has 0 unspecified atom stereocenters. The zero-order valence-corrected chi connectivity index (χ0v) is 15.0. The number of para-hydroxylation sites is 1. The van der Waals surface area contributed by atoms with Crippen molar-refractivity contribution >= 4 is 22.4 Å². The van der Waals surface area contributed by atoms with E-state index in [0.29, 0.717) is 6.54 Å². The average molecular weight is 350 g/mol. The van der Waals surface area contributed by atoms with Crippen LogP contribution in [0.3, 0.4) is 0 Å². The smallest absolute Gasteiger partial charge is 0.219 e. The second-order valence-electron chi connectivity index (χ2n) is 7.02. The lowest BCUT2D eigenvalue weighted by atomic mass is 10.1. The molecule has 26 heavy (non-hydrogen) atoms. The van der Waals surface area contributed by atoms with Crippen LogP contribution in [0.2, 0.25) is 0 Å². The number of hydrogen-bond acceptors (Lipinski definition) is 3. The van der Waals surface area contributed by atoms with Crippen LogP contribution < -0.4 is 9.80 Å². The van der Waals surface area contributed by atoms with E-state index in [1.807, 2.05) is 43.3 Å². The number of aryl methyl sites for hydroxylation is 1. The Balaban J connectivity index is 1.41. The number of rotatable bonds is 4. The number of quaternary nitrogens is 1. The maximum Gasteiger partial charge on any atom is 0.219 e. The van der Waals surface area contributed by atoms with Gasteiger partial charge in [-0.25, -0.2) is 0 Å². The monoisotopic (exact) mass is 350 g/mol. The van der Waals surface area contributed by atoms with Crippen molar-refractivity contribution in [3.63, 3.8) is 0 Å². The van der Waals surface area contributed by atoms with Crippen molar-refractivity contribution in [2.75, 3.05) is 37.6 Å². The molecule has 0 saturated carbocycles. The van der Waals surface area contributed by atoms with Gasteiger partial charge in [0.2, 0.25) is 5.78 Å². The quantitative estimate of drug-likeness (QED) is 0.629. The number of piperazine rings is 1. The third kappa shape index (κ3) is 3.18. The number of nitrogens with one attached hydrogen (secondary N) is 2. The van der Waals surface area contributed by atoms with Gasteiger partial charge in [0.05, 0.1) is 31.7 Å². The Morgan fingerprint density at radius 2 is 1.81 bits per heavy atom. The van der Waals surface area contributed by atoms with E-state index in [0.717, 1.165) is 54.0 Å². The van der Waals surface area contributed by atoms with E-state index < -0.39 is 0 Å². The molecule has 1 fully saturated rings. The number of nitrogens with zero attached hydrogens (tertiary/aromatic N) is 1. The number of aromatic nitrogens is 1. The highest BCUT2D eigenvalue weighted by Crippen LogP contribution is 2.22. The highest BCUT2D eigenvalue weighted by atomic mass is 16.3. The molecule has 3 aromatic rings. The van der Waals surface area contributed by atoms with Crippen LogP contribution in [0.4, 0.5) is 5.69 Å². The minimum atomic E-state index is 0.216. The predicted octanol–water partition coefficient (Wildman–Crippen LogP) is 1.77. The fraction of sp³-hybridized carbons (Fsp3) is 0.286. The Morgan fingerprint density at radius 1 is 1.12 bits per heavy atom. The molecule has 2 heterocycles. The number of anilines is 1. The van der Waals surface area contributed by atoms with Gasteiger partial charge in [-0.1, -0.05) is 18.2 Å². The Kier molecular flexibility index (Phi) is 4.39. The summed E-state index contributed by atoms with van der Waals surface area (Å²) in [7, 11) is 0. The number of benzene rings is 2. The van der Waals surface area contributed by atoms with Crippen LogP contribution in [0.1, 0.15) is 16.1 Å². The lowest BCUT2D eigenvalue weighted by molar-refractivity contribution is -0.892. The lowest BCUT2D eigenvalue weighted by Crippen LogP contribution is -3.15. The summed E-state index contributed by atoms with van der Waals surface area (Å²) >= 11 is 0. The minimum absolute atomic E-state index is 0.216. The number of Topliss-reactive ketones (excluding diaryl/α,β-unsaturated/α-hetero) is 1. The summed E-state index contributed by atoms with van der Waals surface area (Å²) in [6.07, 6.45) is 0. The molecule has 0 radical (unpaired) electrons. The van der Waals surface area contributed by atoms with Crippen molar-refractivity contribution in [3.8, 4) is 5.75 Å². The van der Waals surface area contributed by atoms with Gasteiger partial charge in [0.15, 0.2) is 0 Å². The van der Waals surface area contributed by atoms with Gasteiger partial charge in [0, 0.05) is 22.3 Å². The largest absolute Gasteiger partial charge is 0.508 e. The van der Waals surface area contributed by atoms with Gasteiger partial charge in [-0.3, -0.25) is 4.79 Å². The maximum absolute atomic E-state index is 12.9. The number of hydrogen-bond donors (Lipinski definition) is 3. The number of phenols is 1. The number of fused-ring (bicyclic) bond motifs is 1. The predicted molar refractivity (Wildman–Crippen MR) is 103 cm³/mol. The summed E-state index contributed by atoms with van der Waals surface area (Å²) in [6, 6.07) is 15.3. The lowest BCUT2D eigenvalue weighted by Gasteiger charge is -2.33. The first kappa shape index (κ1) is 16.7. The van der Waals surface area contributed by atoms with E-state index in [1.54, 1.807) is 12.1 Å². The van der Waals surface area contributed by atoms with E-state index in [-0.39, 0.29) is 11.5 Å². The molecule has 134 valence electrons. The van der Waals surface area contributed by atoms with Gasteiger partial charge in [0.25, 0.3) is 0 Å². The molecule has 3 N–H and O–H groups in total. The van der Waals surface area contributed by atoms with E-state index in [2.05, 4.69) is 9.88 Å². The van der Waals surface area contributed by atoms with Crippen molar-refractivity contribution in [1.82, 2.24) is 4.98 Å². The second-order valence-corrected chi connectivity index (χ2v) is 7.02. The van der Waals surface area contributed by atoms with Crippen LogP contribution in [-0.4, -0.2) is 48.6 Å². The average Bonchev–Trinajstić information content (AvgIpc) is 2.99. The molecule has 5 nitrogen and oxygen atoms in total. The number of carbonyl (C=O) groups excluding carboxylic acids is 1. The van der Waals surface area contributed by atoms with Crippen molar-refractivity contribution in [1.29, 1.82) is 0 Å². The van der Waals surface area contributed by atoms with Crippen molar-refractivity contribution in [2.24, 2.45) is 0 Å². The topological polar surface area (TPSA) is 60.8 Å². The SMILES string of the molecule is Cc1[nH]c2ccccc2c1C(=O)C[NH+]1CCN(c2ccc(O)cc2)CC1. The van der Waals surface area contributed by atoms with Crippen molar-refractivity contribution in [3.05, 3.63) is 59.8 Å². The standard InChI is InChI=1S/C21H23N3O2/c1-15-21(18-4-2-3-5-19(18)22-15)20(26)14-23-10-12-24(13-11-23)16-6-8-17(25)9-7-16/h2-9,22,25H,10-14H2,1H3/p+1. The summed E-state index contributed by atoms with van der Waals surface area (Å²) in [5.74, 6) is 0.505. The number of ketones is 1. The molecular weight excluding hydrogens is 326 g/mol. The minimum Gasteiger partial charge on any atom is -0.508 e. The first-order valence-electron chi connectivity index (χ1n) is 9.10. The molecule has 1 aliphatic heterocycles. The Labute approximate surface area is 152 Å². The number of carbonyl (C=O) groups is 1. The number of aromatic hydroxyl groups is 1. The summed E-state index contributed by atoms with van der Waals surface area (Å²) < 4.78 is 0. The van der Waals surface area contributed by atoms with Crippen molar-refractivity contribution < 1.29 is 14.8 Å². The molecular formula is C21H24N3O2+. The fourth-order valence-corrected chi connectivity index (χ4v) is 3.87. The van der Waals surface area contributed by atoms with Crippen LogP contribution >= 0.6 is 0 Å². The fourth-order valence-electron chi connectivity index (χ4n) is 3.87. The Hall–Kier alpha value is -2.79. The molecule has 4 rings (SSSR count). The van der Waals surface area contributed by atoms with Crippen LogP contribution in [0, 0.1) is 6.92 Å². The van der Waals surface area contributed by atoms with Gasteiger partial charge in [-0.2, -0.15) is 0 Å². The van der Waals surface area contributed by atoms with E-state index in [9.17, 15) is 9.90 Å². The first-order valence-corrected chi connectivity index (χ1v) is 9.10. The normalized spacial score (nSPS) is 15.5. The zero-order chi connectivity index (χ0) is 18.1. The number of H-pyrrole nitrogens is 1. The van der Waals surface area contributed by atoms with Gasteiger partial charge in [-0.15, -0.1) is 0 Å². The van der Waals surface area contributed by atoms with Crippen LogP contribution in [0.5, 0.6) is 5.75 Å². The molecule has 0 spiro atoms. The second kappa shape index (κ2) is 6.84. The van der Waals surface area contributed by atoms with Crippen LogP contribution in [-0.2, 0) is 0 Å². The summed E-state index contributed by atoms with van der Waals surface area (Å²) in [5.41, 5.74) is 3.95. The van der Waals surface area contributed by atoms with E-state index >= 15 is 0 Å². The number of phenolic OH excluding ortho intramolecular Hbond substituents is 1. The molecule has 2 aromatic carbocycles. The zero-order valence-electron chi connectivity index (χ0n) is 15.0. The third-order valence-corrected chi connectivity index (χ3v) is 5.27.